The number of aryl methyl sites for hydroxylation is 2. The number of aromatic nitrogens is 2. The number of nitrogens with zero attached hydrogens (tertiary/aromatic N) is 2. The molecule has 8 nitrogen and oxygen atoms in total. The number of fused-ring (bicyclic) bond motifs is 2. The summed E-state index contributed by atoms with van der Waals surface area (Å²) < 4.78 is 38.0. The fourth-order valence-electron chi connectivity index (χ4n) is 5.44. The van der Waals surface area contributed by atoms with Crippen molar-refractivity contribution >= 4 is 83.0 Å². The smallest absolute Gasteiger partial charge is 0.352 e. The van der Waals surface area contributed by atoms with E-state index in [0.717, 1.165) is 32.6 Å². The Bertz CT molecular complexity index is 1430. The van der Waals surface area contributed by atoms with E-state index in [1.54, 1.807) is 0 Å². The van der Waals surface area contributed by atoms with Crippen molar-refractivity contribution in [3.05, 3.63) is 48.2 Å². The molecule has 0 aliphatic heterocycles. The van der Waals surface area contributed by atoms with Crippen LogP contribution in [0.25, 0.3) is 22.2 Å². The van der Waals surface area contributed by atoms with Crippen LogP contribution < -0.4 is 10.4 Å². The van der Waals surface area contributed by atoms with Gasteiger partial charge in [-0.1, -0.05) is 24.3 Å². The lowest BCUT2D eigenvalue weighted by molar-refractivity contribution is 0.403. The van der Waals surface area contributed by atoms with E-state index >= 15 is 0 Å². The molecular weight excluding hydrogens is 653 g/mol. The predicted molar refractivity (Wildman–Crippen MR) is 198 cm³/mol. The van der Waals surface area contributed by atoms with Crippen LogP contribution in [0.3, 0.4) is 0 Å². The first-order valence-corrected chi connectivity index (χ1v) is 33.6. The van der Waals surface area contributed by atoms with E-state index in [1.165, 1.54) is 0 Å². The Morgan fingerprint density at radius 3 is 1.39 bits per heavy atom. The molecule has 0 radical (unpaired) electrons. The lowest BCUT2D eigenvalue weighted by Gasteiger charge is -2.38. The van der Waals surface area contributed by atoms with Gasteiger partial charge in [0, 0.05) is 24.2 Å². The molecular formula is C30H54N2O6Si6. The third-order valence-electron chi connectivity index (χ3n) is 6.03. The summed E-state index contributed by atoms with van der Waals surface area (Å²) in [6, 6.07) is 12.1. The van der Waals surface area contributed by atoms with Gasteiger partial charge < -0.3 is 25.3 Å². The molecule has 0 aliphatic rings. The van der Waals surface area contributed by atoms with Gasteiger partial charge in [-0.15, -0.1) is 0 Å². The molecule has 0 unspecified atom stereocenters. The van der Waals surface area contributed by atoms with Crippen LogP contribution in [0.4, 0.5) is 0 Å². The van der Waals surface area contributed by atoms with Crippen LogP contribution in [0, 0.1) is 13.8 Å². The average molecular weight is 707 g/mol. The van der Waals surface area contributed by atoms with E-state index in [1.807, 2.05) is 38.1 Å². The number of oxazole rings is 2. The highest BCUT2D eigenvalue weighted by molar-refractivity contribution is 6.96. The van der Waals surface area contributed by atoms with E-state index in [9.17, 15) is 0 Å². The van der Waals surface area contributed by atoms with E-state index in [4.69, 9.17) is 25.3 Å². The molecule has 14 heteroatoms. The van der Waals surface area contributed by atoms with Gasteiger partial charge in [0.25, 0.3) is 0 Å². The largest absolute Gasteiger partial charge is 0.441 e. The van der Waals surface area contributed by atoms with Gasteiger partial charge in [-0.2, -0.15) is 0 Å². The summed E-state index contributed by atoms with van der Waals surface area (Å²) in [7, 11) is -12.1. The van der Waals surface area contributed by atoms with Gasteiger partial charge in [0.1, 0.15) is 11.0 Å². The quantitative estimate of drug-likeness (QED) is 0.153. The van der Waals surface area contributed by atoms with Gasteiger partial charge in [-0.25, -0.2) is 9.97 Å². The van der Waals surface area contributed by atoms with E-state index in [2.05, 4.69) is 114 Å². The maximum atomic E-state index is 6.61. The molecule has 2 aromatic carbocycles. The number of benzene rings is 2. The van der Waals surface area contributed by atoms with Crippen LogP contribution in [-0.2, 0) is 16.5 Å². The molecule has 2 heterocycles. The highest BCUT2D eigenvalue weighted by Crippen LogP contribution is 2.26. The van der Waals surface area contributed by atoms with Crippen LogP contribution in [0.1, 0.15) is 11.8 Å². The lowest BCUT2D eigenvalue weighted by atomic mass is 10.3. The molecule has 44 heavy (non-hydrogen) atoms. The van der Waals surface area contributed by atoms with Crippen molar-refractivity contribution < 1.29 is 25.3 Å². The highest BCUT2D eigenvalue weighted by Gasteiger charge is 2.45. The number of hydrogen-bond acceptors (Lipinski definition) is 8. The van der Waals surface area contributed by atoms with Gasteiger partial charge in [0.2, 0.25) is 0 Å². The second-order valence-corrected chi connectivity index (χ2v) is 40.5. The first-order valence-electron chi connectivity index (χ1n) is 15.3. The molecule has 4 rings (SSSR count). The molecule has 0 fully saturated rings. The predicted octanol–water partition coefficient (Wildman–Crippen LogP) is 8.24. The minimum atomic E-state index is -2.56. The second-order valence-electron chi connectivity index (χ2n) is 15.5. The first-order chi connectivity index (χ1) is 19.8. The zero-order valence-electron chi connectivity index (χ0n) is 29.8. The van der Waals surface area contributed by atoms with Crippen molar-refractivity contribution in [2.45, 2.75) is 106 Å². The van der Waals surface area contributed by atoms with Crippen molar-refractivity contribution in [2.75, 3.05) is 0 Å². The highest BCUT2D eigenvalue weighted by atomic mass is 28.5. The molecule has 0 saturated carbocycles. The van der Waals surface area contributed by atoms with E-state index < -0.39 is 50.4 Å². The Morgan fingerprint density at radius 1 is 0.500 bits per heavy atom. The second kappa shape index (κ2) is 13.0. The van der Waals surface area contributed by atoms with Crippen molar-refractivity contribution in [2.24, 2.45) is 0 Å². The van der Waals surface area contributed by atoms with E-state index in [-0.39, 0.29) is 0 Å². The SMILES string of the molecule is Cc1nc2c([Si](C)(O[Si](C)(C)C)O[Si](C)(C)C)cccc2o1.Cc1nc2cccc([Si](C)(O[Si](C)(C)C)O[Si](C)(C)C)c2o1. The zero-order chi connectivity index (χ0) is 33.5. The zero-order valence-corrected chi connectivity index (χ0v) is 35.8. The van der Waals surface area contributed by atoms with E-state index in [0.29, 0.717) is 11.8 Å². The number of hydrogen-bond donors (Lipinski definition) is 0. The average Bonchev–Trinajstić information content (AvgIpc) is 3.34. The third kappa shape index (κ3) is 10.3. The van der Waals surface area contributed by atoms with Gasteiger partial charge in [-0.05, 0) is 104 Å². The number of para-hydroxylation sites is 2. The summed E-state index contributed by atoms with van der Waals surface area (Å²) in [5.74, 6) is 1.36. The van der Waals surface area contributed by atoms with Crippen LogP contribution >= 0.6 is 0 Å². The minimum absolute atomic E-state index is 0.680. The first kappa shape index (κ1) is 37.0. The van der Waals surface area contributed by atoms with Crippen LogP contribution in [-0.4, -0.2) is 60.4 Å². The fourth-order valence-corrected chi connectivity index (χ4v) is 29.0. The molecule has 0 N–H and O–H groups in total. The molecule has 0 bridgehead atoms. The summed E-state index contributed by atoms with van der Waals surface area (Å²) in [6.45, 7) is 34.5. The molecule has 0 atom stereocenters. The van der Waals surface area contributed by atoms with Gasteiger partial charge >= 0.3 is 17.1 Å². The minimum Gasteiger partial charge on any atom is -0.441 e. The molecule has 0 aliphatic carbocycles. The Morgan fingerprint density at radius 2 is 0.909 bits per heavy atom. The Balaban J connectivity index is 0.000000240. The third-order valence-corrected chi connectivity index (χ3v) is 24.8. The lowest BCUT2D eigenvalue weighted by Crippen LogP contribution is -2.60. The molecule has 0 saturated heterocycles. The molecule has 4 aromatic rings. The topological polar surface area (TPSA) is 89.0 Å². The number of rotatable bonds is 10. The van der Waals surface area contributed by atoms with Gasteiger partial charge in [-0.3, -0.25) is 0 Å². The Hall–Kier alpha value is -1.48. The van der Waals surface area contributed by atoms with Crippen molar-refractivity contribution in [1.29, 1.82) is 0 Å². The summed E-state index contributed by atoms with van der Waals surface area (Å²) in [4.78, 5) is 9.03. The maximum absolute atomic E-state index is 6.61. The van der Waals surface area contributed by atoms with Crippen molar-refractivity contribution in [3.63, 3.8) is 0 Å². The molecule has 244 valence electrons. The normalized spacial score (nSPS) is 13.8. The Kier molecular flexibility index (Phi) is 10.9. The van der Waals surface area contributed by atoms with Crippen LogP contribution in [0.15, 0.2) is 45.2 Å². The van der Waals surface area contributed by atoms with Crippen LogP contribution in [0.5, 0.6) is 0 Å². The fraction of sp³-hybridized carbons (Fsp3) is 0.533. The maximum Gasteiger partial charge on any atom is 0.352 e. The summed E-state index contributed by atoms with van der Waals surface area (Å²) in [5.41, 5.74) is 3.41. The van der Waals surface area contributed by atoms with Gasteiger partial charge in [0.05, 0.1) is 0 Å². The van der Waals surface area contributed by atoms with Crippen molar-refractivity contribution in [3.8, 4) is 0 Å². The van der Waals surface area contributed by atoms with Crippen molar-refractivity contribution in [1.82, 2.24) is 9.97 Å². The summed E-state index contributed by atoms with van der Waals surface area (Å²) >= 11 is 0. The van der Waals surface area contributed by atoms with Crippen LogP contribution in [0.2, 0.25) is 91.7 Å². The van der Waals surface area contributed by atoms with Gasteiger partial charge in [0.15, 0.2) is 56.2 Å². The molecule has 0 spiro atoms. The molecule has 2 aromatic heterocycles. The Labute approximate surface area is 270 Å². The monoisotopic (exact) mass is 706 g/mol. The molecule has 0 amide bonds. The summed E-state index contributed by atoms with van der Waals surface area (Å²) in [6.07, 6.45) is 0. The summed E-state index contributed by atoms with van der Waals surface area (Å²) in [5, 5.41) is 2.15. The standard InChI is InChI=1S/2C15H27NO3Si3/c1-12-16-15-13(17-12)10-9-11-14(15)22(8,18-20(2,3)4)19-21(5,6)7;1-12-16-13-10-9-11-14(15(13)17-12)22(8,18-20(2,3)4)19-21(5,6)7/h2*9-11H,1-8H3.